The number of allylic oxidation sites excluding steroid dienone is 1. The van der Waals surface area contributed by atoms with E-state index in [1.807, 2.05) is 33.8 Å². The minimum atomic E-state index is -4.07. The number of nitrogens with one attached hydrogen (secondary N) is 1. The molecule has 4 N–H and O–H groups in total. The standard InChI is InChI=1S/C23H30N2O5S/c1-5-16-10-11-18(20(22(26)27)21(16)30-15-14-24)25-31(28,29)19-9-7-6-8-17(19)12-13-23(2,3)4/h6-13,25H,5,14-15,24H2,1-4H3,(H,26,27)/b13-12+. The number of carbonyl (C=O) groups is 1. The Labute approximate surface area is 184 Å². The van der Waals surface area contributed by atoms with E-state index >= 15 is 0 Å². The number of aryl methyl sites for hydroxylation is 1. The van der Waals surface area contributed by atoms with Crippen LogP contribution in [-0.2, 0) is 16.4 Å². The number of carboxylic acid groups (broad SMARTS) is 1. The fourth-order valence-electron chi connectivity index (χ4n) is 2.93. The number of hydrogen-bond donors (Lipinski definition) is 3. The van der Waals surface area contributed by atoms with Crippen molar-refractivity contribution in [3.05, 3.63) is 59.2 Å². The summed E-state index contributed by atoms with van der Waals surface area (Å²) in [5.41, 5.74) is 6.22. The second-order valence-corrected chi connectivity index (χ2v) is 9.77. The Bertz CT molecular complexity index is 1070. The molecule has 0 heterocycles. The second-order valence-electron chi connectivity index (χ2n) is 8.11. The summed E-state index contributed by atoms with van der Waals surface area (Å²) in [4.78, 5) is 12.1. The highest BCUT2D eigenvalue weighted by Crippen LogP contribution is 2.33. The van der Waals surface area contributed by atoms with Crippen LogP contribution in [0.1, 0.15) is 49.2 Å². The van der Waals surface area contributed by atoms with Gasteiger partial charge in [0.25, 0.3) is 10.0 Å². The monoisotopic (exact) mass is 446 g/mol. The molecule has 8 heteroatoms. The molecule has 2 rings (SSSR count). The van der Waals surface area contributed by atoms with Gasteiger partial charge in [0.15, 0.2) is 0 Å². The molecule has 0 aliphatic rings. The van der Waals surface area contributed by atoms with Gasteiger partial charge in [-0.3, -0.25) is 4.72 Å². The molecular weight excluding hydrogens is 416 g/mol. The van der Waals surface area contributed by atoms with Crippen LogP contribution in [0.4, 0.5) is 5.69 Å². The van der Waals surface area contributed by atoms with Crippen LogP contribution in [0.2, 0.25) is 0 Å². The summed E-state index contributed by atoms with van der Waals surface area (Å²) in [7, 11) is -4.07. The summed E-state index contributed by atoms with van der Waals surface area (Å²) in [5.74, 6) is -1.16. The maximum atomic E-state index is 13.2. The fourth-order valence-corrected chi connectivity index (χ4v) is 4.20. The highest BCUT2D eigenvalue weighted by atomic mass is 32.2. The van der Waals surface area contributed by atoms with Crippen LogP contribution < -0.4 is 15.2 Å². The van der Waals surface area contributed by atoms with E-state index in [4.69, 9.17) is 10.5 Å². The number of nitrogens with two attached hydrogens (primary N) is 1. The van der Waals surface area contributed by atoms with Crippen molar-refractivity contribution in [2.45, 2.75) is 39.0 Å². The molecule has 7 nitrogen and oxygen atoms in total. The van der Waals surface area contributed by atoms with E-state index in [1.165, 1.54) is 12.1 Å². The molecule has 0 atom stereocenters. The number of anilines is 1. The number of ether oxygens (including phenoxy) is 1. The average Bonchev–Trinajstić information content (AvgIpc) is 2.69. The lowest BCUT2D eigenvalue weighted by atomic mass is 9.95. The number of hydrogen-bond acceptors (Lipinski definition) is 5. The van der Waals surface area contributed by atoms with Gasteiger partial charge in [-0.25, -0.2) is 13.2 Å². The Morgan fingerprint density at radius 3 is 2.45 bits per heavy atom. The van der Waals surface area contributed by atoms with Gasteiger partial charge in [-0.2, -0.15) is 0 Å². The van der Waals surface area contributed by atoms with Crippen molar-refractivity contribution in [3.63, 3.8) is 0 Å². The number of aromatic carboxylic acids is 1. The van der Waals surface area contributed by atoms with Crippen molar-refractivity contribution in [1.29, 1.82) is 0 Å². The Morgan fingerprint density at radius 2 is 1.87 bits per heavy atom. The molecule has 0 spiro atoms. The lowest BCUT2D eigenvalue weighted by Crippen LogP contribution is -2.19. The van der Waals surface area contributed by atoms with Gasteiger partial charge in [0.05, 0.1) is 10.6 Å². The third kappa shape index (κ3) is 6.32. The highest BCUT2D eigenvalue weighted by Gasteiger charge is 2.25. The summed E-state index contributed by atoms with van der Waals surface area (Å²) in [6.45, 7) is 8.20. The van der Waals surface area contributed by atoms with Crippen LogP contribution in [0.25, 0.3) is 6.08 Å². The molecule has 0 bridgehead atoms. The van der Waals surface area contributed by atoms with Gasteiger partial charge in [0.1, 0.15) is 17.9 Å². The van der Waals surface area contributed by atoms with Gasteiger partial charge >= 0.3 is 5.97 Å². The van der Waals surface area contributed by atoms with E-state index in [-0.39, 0.29) is 40.5 Å². The normalized spacial score (nSPS) is 12.2. The zero-order valence-electron chi connectivity index (χ0n) is 18.3. The fraction of sp³-hybridized carbons (Fsp3) is 0.348. The van der Waals surface area contributed by atoms with Gasteiger partial charge < -0.3 is 15.6 Å². The quantitative estimate of drug-likeness (QED) is 0.533. The molecule has 0 radical (unpaired) electrons. The lowest BCUT2D eigenvalue weighted by Gasteiger charge is -2.18. The third-order valence-electron chi connectivity index (χ3n) is 4.41. The van der Waals surface area contributed by atoms with Gasteiger partial charge in [-0.05, 0) is 35.1 Å². The molecular formula is C23H30N2O5S. The Balaban J connectivity index is 2.56. The Kier molecular flexibility index (Phi) is 7.86. The molecule has 0 fully saturated rings. The van der Waals surface area contributed by atoms with E-state index < -0.39 is 16.0 Å². The molecule has 2 aromatic rings. The maximum Gasteiger partial charge on any atom is 0.341 e. The molecule has 0 unspecified atom stereocenters. The molecule has 0 aliphatic carbocycles. The lowest BCUT2D eigenvalue weighted by molar-refractivity contribution is 0.0693. The number of carboxylic acids is 1. The topological polar surface area (TPSA) is 119 Å². The Hall–Kier alpha value is -2.84. The van der Waals surface area contributed by atoms with Gasteiger partial charge in [-0.1, -0.05) is 64.1 Å². The number of rotatable bonds is 9. The average molecular weight is 447 g/mol. The predicted molar refractivity (Wildman–Crippen MR) is 123 cm³/mol. The largest absolute Gasteiger partial charge is 0.491 e. The zero-order chi connectivity index (χ0) is 23.2. The number of sulfonamides is 1. The minimum Gasteiger partial charge on any atom is -0.491 e. The first-order valence-corrected chi connectivity index (χ1v) is 11.5. The molecule has 0 saturated heterocycles. The van der Waals surface area contributed by atoms with Crippen molar-refractivity contribution in [3.8, 4) is 5.75 Å². The van der Waals surface area contributed by atoms with Crippen molar-refractivity contribution < 1.29 is 23.1 Å². The molecule has 0 aliphatic heterocycles. The summed E-state index contributed by atoms with van der Waals surface area (Å²) in [6.07, 6.45) is 4.19. The maximum absolute atomic E-state index is 13.2. The molecule has 31 heavy (non-hydrogen) atoms. The summed E-state index contributed by atoms with van der Waals surface area (Å²) in [6, 6.07) is 9.66. The van der Waals surface area contributed by atoms with E-state index in [0.717, 1.165) is 0 Å². The van der Waals surface area contributed by atoms with Crippen molar-refractivity contribution >= 4 is 27.8 Å². The Morgan fingerprint density at radius 1 is 1.19 bits per heavy atom. The summed E-state index contributed by atoms with van der Waals surface area (Å²) >= 11 is 0. The SMILES string of the molecule is CCc1ccc(NS(=O)(=O)c2ccccc2/C=C/C(C)(C)C)c(C(=O)O)c1OCCN. The molecule has 0 amide bonds. The highest BCUT2D eigenvalue weighted by molar-refractivity contribution is 7.92. The molecule has 2 aromatic carbocycles. The van der Waals surface area contributed by atoms with Crippen LogP contribution in [-0.4, -0.2) is 32.6 Å². The van der Waals surface area contributed by atoms with Crippen LogP contribution >= 0.6 is 0 Å². The van der Waals surface area contributed by atoms with Crippen molar-refractivity contribution in [2.24, 2.45) is 11.1 Å². The molecule has 0 aromatic heterocycles. The first-order chi connectivity index (χ1) is 14.5. The first-order valence-electron chi connectivity index (χ1n) is 10.0. The summed E-state index contributed by atoms with van der Waals surface area (Å²) < 4.78 is 34.4. The van der Waals surface area contributed by atoms with Crippen molar-refractivity contribution in [1.82, 2.24) is 0 Å². The van der Waals surface area contributed by atoms with E-state index in [9.17, 15) is 18.3 Å². The third-order valence-corrected chi connectivity index (χ3v) is 5.85. The first kappa shape index (κ1) is 24.4. The van der Waals surface area contributed by atoms with Crippen LogP contribution in [0.5, 0.6) is 5.75 Å². The van der Waals surface area contributed by atoms with Crippen LogP contribution in [0.15, 0.2) is 47.4 Å². The predicted octanol–water partition coefficient (Wildman–Crippen LogP) is 4.14. The van der Waals surface area contributed by atoms with Gasteiger partial charge in [-0.15, -0.1) is 0 Å². The second kappa shape index (κ2) is 9.98. The molecule has 0 saturated carbocycles. The van der Waals surface area contributed by atoms with Crippen molar-refractivity contribution in [2.75, 3.05) is 17.9 Å². The van der Waals surface area contributed by atoms with E-state index in [1.54, 1.807) is 30.3 Å². The molecule has 168 valence electrons. The van der Waals surface area contributed by atoms with E-state index in [2.05, 4.69) is 4.72 Å². The zero-order valence-corrected chi connectivity index (χ0v) is 19.1. The summed E-state index contributed by atoms with van der Waals surface area (Å²) in [5, 5.41) is 9.80. The van der Waals surface area contributed by atoms with Crippen LogP contribution in [0, 0.1) is 5.41 Å². The van der Waals surface area contributed by atoms with E-state index in [0.29, 0.717) is 17.5 Å². The van der Waals surface area contributed by atoms with Crippen LogP contribution in [0.3, 0.4) is 0 Å². The van der Waals surface area contributed by atoms with Gasteiger partial charge in [0.2, 0.25) is 0 Å². The smallest absolute Gasteiger partial charge is 0.341 e. The number of benzene rings is 2. The van der Waals surface area contributed by atoms with Gasteiger partial charge in [0, 0.05) is 6.54 Å². The minimum absolute atomic E-state index is 0.0517.